The quantitative estimate of drug-likeness (QED) is 0.732. The summed E-state index contributed by atoms with van der Waals surface area (Å²) in [7, 11) is 1.41. The van der Waals surface area contributed by atoms with Gasteiger partial charge in [0, 0.05) is 19.2 Å². The summed E-state index contributed by atoms with van der Waals surface area (Å²) in [5.41, 5.74) is 2.38. The van der Waals surface area contributed by atoms with Gasteiger partial charge < -0.3 is 14.8 Å². The molecule has 0 aliphatic carbocycles. The van der Waals surface area contributed by atoms with E-state index in [1.165, 1.54) is 18.2 Å². The van der Waals surface area contributed by atoms with Gasteiger partial charge in [-0.1, -0.05) is 24.3 Å². The molecule has 0 saturated heterocycles. The highest BCUT2D eigenvalue weighted by molar-refractivity contribution is 5.69. The Morgan fingerprint density at radius 3 is 2.63 bits per heavy atom. The molecule has 1 N–H and O–H groups in total. The normalized spacial score (nSPS) is 12.2. The lowest BCUT2D eigenvalue weighted by atomic mass is 10.1. The third kappa shape index (κ3) is 5.85. The molecule has 0 amide bonds. The molecule has 0 bridgehead atoms. The monoisotopic (exact) mass is 265 g/mol. The molecule has 0 aromatic heterocycles. The van der Waals surface area contributed by atoms with Crippen molar-refractivity contribution in [2.45, 2.75) is 39.5 Å². The van der Waals surface area contributed by atoms with Gasteiger partial charge in [0.2, 0.25) is 0 Å². The molecule has 0 spiro atoms. The Morgan fingerprint density at radius 2 is 2.00 bits per heavy atom. The number of benzene rings is 1. The molecule has 1 atom stereocenters. The second kappa shape index (κ2) is 8.67. The minimum absolute atomic E-state index is 0.0904. The van der Waals surface area contributed by atoms with Gasteiger partial charge in [-0.2, -0.15) is 0 Å². The van der Waals surface area contributed by atoms with Crippen LogP contribution in [0, 0.1) is 0 Å². The van der Waals surface area contributed by atoms with Gasteiger partial charge in [-0.25, -0.2) is 0 Å². The third-order valence-corrected chi connectivity index (χ3v) is 2.92. The Hall–Kier alpha value is -1.39. The van der Waals surface area contributed by atoms with E-state index in [2.05, 4.69) is 22.2 Å². The van der Waals surface area contributed by atoms with Gasteiger partial charge in [0.25, 0.3) is 0 Å². The van der Waals surface area contributed by atoms with E-state index in [4.69, 9.17) is 4.74 Å². The smallest absolute Gasteiger partial charge is 0.307 e. The lowest BCUT2D eigenvalue weighted by Gasteiger charge is -2.15. The molecular weight excluding hydrogens is 242 g/mol. The van der Waals surface area contributed by atoms with Gasteiger partial charge in [-0.15, -0.1) is 0 Å². The van der Waals surface area contributed by atoms with Crippen molar-refractivity contribution in [2.75, 3.05) is 13.7 Å². The summed E-state index contributed by atoms with van der Waals surface area (Å²) in [6.45, 7) is 6.02. The van der Waals surface area contributed by atoms with Crippen molar-refractivity contribution in [3.63, 3.8) is 0 Å². The van der Waals surface area contributed by atoms with Gasteiger partial charge in [-0.3, -0.25) is 4.79 Å². The molecule has 4 heteroatoms. The minimum Gasteiger partial charge on any atom is -0.469 e. The topological polar surface area (TPSA) is 47.6 Å². The lowest BCUT2D eigenvalue weighted by molar-refractivity contribution is -0.141. The summed E-state index contributed by atoms with van der Waals surface area (Å²) < 4.78 is 10.1. The summed E-state index contributed by atoms with van der Waals surface area (Å²) in [5.74, 6) is -0.192. The molecule has 1 aromatic carbocycles. The number of ether oxygens (including phenoxy) is 2. The van der Waals surface area contributed by atoms with E-state index < -0.39 is 0 Å². The Balaban J connectivity index is 2.49. The first-order valence-electron chi connectivity index (χ1n) is 6.62. The van der Waals surface area contributed by atoms with Crippen LogP contribution in [0.5, 0.6) is 0 Å². The van der Waals surface area contributed by atoms with E-state index in [1.54, 1.807) is 0 Å². The van der Waals surface area contributed by atoms with Gasteiger partial charge in [0.15, 0.2) is 0 Å². The summed E-state index contributed by atoms with van der Waals surface area (Å²) in [4.78, 5) is 11.2. The molecule has 0 aliphatic heterocycles. The maximum absolute atomic E-state index is 11.2. The summed E-state index contributed by atoms with van der Waals surface area (Å²) >= 11 is 0. The number of nitrogens with one attached hydrogen (secondary N) is 1. The zero-order valence-electron chi connectivity index (χ0n) is 11.9. The number of methoxy groups -OCH3 is 1. The molecule has 1 aromatic rings. The standard InChI is InChI=1S/C15H23NO3/c1-4-19-11-14-8-6-5-7-13(14)10-16-12(2)9-15(17)18-3/h5-8,12,16H,4,9-11H2,1-3H3. The Bertz CT molecular complexity index is 393. The fourth-order valence-electron chi connectivity index (χ4n) is 1.77. The van der Waals surface area contributed by atoms with Gasteiger partial charge in [0.05, 0.1) is 20.1 Å². The number of carbonyl (C=O) groups excluding carboxylic acids is 1. The molecule has 0 heterocycles. The van der Waals surface area contributed by atoms with Gasteiger partial charge in [0.1, 0.15) is 0 Å². The van der Waals surface area contributed by atoms with Crippen molar-refractivity contribution >= 4 is 5.97 Å². The molecule has 1 unspecified atom stereocenters. The van der Waals surface area contributed by atoms with E-state index in [-0.39, 0.29) is 12.0 Å². The van der Waals surface area contributed by atoms with Crippen molar-refractivity contribution < 1.29 is 14.3 Å². The molecule has 0 fully saturated rings. The van der Waals surface area contributed by atoms with E-state index >= 15 is 0 Å². The first kappa shape index (κ1) is 15.7. The first-order valence-corrected chi connectivity index (χ1v) is 6.62. The fraction of sp³-hybridized carbons (Fsp3) is 0.533. The fourth-order valence-corrected chi connectivity index (χ4v) is 1.77. The van der Waals surface area contributed by atoms with Gasteiger partial charge in [-0.05, 0) is 25.0 Å². The highest BCUT2D eigenvalue weighted by atomic mass is 16.5. The Kier molecular flexibility index (Phi) is 7.15. The Labute approximate surface area is 115 Å². The molecule has 19 heavy (non-hydrogen) atoms. The average molecular weight is 265 g/mol. The second-order valence-electron chi connectivity index (χ2n) is 4.47. The molecule has 0 saturated carbocycles. The van der Waals surface area contributed by atoms with Crippen LogP contribution in [0.4, 0.5) is 0 Å². The summed E-state index contributed by atoms with van der Waals surface area (Å²) in [6.07, 6.45) is 0.379. The summed E-state index contributed by atoms with van der Waals surface area (Å²) in [5, 5.41) is 3.32. The number of carbonyl (C=O) groups is 1. The molecule has 0 radical (unpaired) electrons. The largest absolute Gasteiger partial charge is 0.469 e. The summed E-state index contributed by atoms with van der Waals surface area (Å²) in [6, 6.07) is 8.25. The minimum atomic E-state index is -0.192. The van der Waals surface area contributed by atoms with Crippen molar-refractivity contribution in [1.82, 2.24) is 5.32 Å². The lowest BCUT2D eigenvalue weighted by Crippen LogP contribution is -2.28. The molecular formula is C15H23NO3. The number of hydrogen-bond donors (Lipinski definition) is 1. The van der Waals surface area contributed by atoms with Crippen molar-refractivity contribution in [1.29, 1.82) is 0 Å². The molecule has 1 rings (SSSR count). The van der Waals surface area contributed by atoms with Crippen molar-refractivity contribution in [2.24, 2.45) is 0 Å². The highest BCUT2D eigenvalue weighted by Gasteiger charge is 2.09. The zero-order chi connectivity index (χ0) is 14.1. The Morgan fingerprint density at radius 1 is 1.32 bits per heavy atom. The predicted octanol–water partition coefficient (Wildman–Crippen LogP) is 2.26. The molecule has 4 nitrogen and oxygen atoms in total. The predicted molar refractivity (Wildman–Crippen MR) is 74.7 cm³/mol. The van der Waals surface area contributed by atoms with Gasteiger partial charge >= 0.3 is 5.97 Å². The zero-order valence-corrected chi connectivity index (χ0v) is 11.9. The van der Waals surface area contributed by atoms with Crippen LogP contribution in [0.1, 0.15) is 31.4 Å². The van der Waals surface area contributed by atoms with Crippen molar-refractivity contribution in [3.8, 4) is 0 Å². The number of esters is 1. The average Bonchev–Trinajstić information content (AvgIpc) is 2.43. The van der Waals surface area contributed by atoms with Crippen molar-refractivity contribution in [3.05, 3.63) is 35.4 Å². The van der Waals surface area contributed by atoms with Crippen LogP contribution in [-0.2, 0) is 27.4 Å². The molecule has 0 aliphatic rings. The maximum atomic E-state index is 11.2. The van der Waals surface area contributed by atoms with Crippen LogP contribution in [0.15, 0.2) is 24.3 Å². The first-order chi connectivity index (χ1) is 9.17. The van der Waals surface area contributed by atoms with E-state index in [1.807, 2.05) is 26.0 Å². The third-order valence-electron chi connectivity index (χ3n) is 2.92. The number of rotatable bonds is 8. The number of hydrogen-bond acceptors (Lipinski definition) is 4. The maximum Gasteiger partial charge on any atom is 0.307 e. The van der Waals surface area contributed by atoms with Crippen LogP contribution in [0.2, 0.25) is 0 Å². The SMILES string of the molecule is CCOCc1ccccc1CNC(C)CC(=O)OC. The van der Waals surface area contributed by atoms with Crippen LogP contribution in [0.3, 0.4) is 0 Å². The van der Waals surface area contributed by atoms with Crippen LogP contribution in [0.25, 0.3) is 0 Å². The van der Waals surface area contributed by atoms with Crippen LogP contribution in [-0.4, -0.2) is 25.7 Å². The molecule has 106 valence electrons. The van der Waals surface area contributed by atoms with E-state index in [0.29, 0.717) is 19.6 Å². The van der Waals surface area contributed by atoms with E-state index in [9.17, 15) is 4.79 Å². The van der Waals surface area contributed by atoms with E-state index in [0.717, 1.165) is 6.54 Å². The van der Waals surface area contributed by atoms with Crippen LogP contribution >= 0.6 is 0 Å². The second-order valence-corrected chi connectivity index (χ2v) is 4.47. The highest BCUT2D eigenvalue weighted by Crippen LogP contribution is 2.10. The van der Waals surface area contributed by atoms with Crippen LogP contribution < -0.4 is 5.32 Å².